The molecular formula is C12H9FN2O2S. The van der Waals surface area contributed by atoms with Crippen molar-refractivity contribution in [2.24, 2.45) is 5.73 Å². The minimum atomic E-state index is -0.598. The Hall–Kier alpha value is -2.21. The smallest absolute Gasteiger partial charge is 0.260 e. The molecule has 2 amide bonds. The SMILES string of the molecule is NC(=O)c1sccc1NC(=O)c1ccc(F)cc1. The van der Waals surface area contributed by atoms with E-state index in [0.717, 1.165) is 11.3 Å². The highest BCUT2D eigenvalue weighted by Crippen LogP contribution is 2.22. The number of carbonyl (C=O) groups excluding carboxylic acids is 2. The van der Waals surface area contributed by atoms with Gasteiger partial charge in [-0.05, 0) is 35.7 Å². The number of hydrogen-bond donors (Lipinski definition) is 2. The summed E-state index contributed by atoms with van der Waals surface area (Å²) >= 11 is 1.15. The number of nitrogens with one attached hydrogen (secondary N) is 1. The molecule has 18 heavy (non-hydrogen) atoms. The number of carbonyl (C=O) groups is 2. The Labute approximate surface area is 106 Å². The molecule has 0 spiro atoms. The fourth-order valence-corrected chi connectivity index (χ4v) is 2.10. The molecule has 4 nitrogen and oxygen atoms in total. The van der Waals surface area contributed by atoms with E-state index in [1.165, 1.54) is 24.3 Å². The number of amides is 2. The number of nitrogens with two attached hydrogens (primary N) is 1. The molecule has 0 bridgehead atoms. The molecule has 1 aromatic carbocycles. The van der Waals surface area contributed by atoms with Crippen LogP contribution in [-0.2, 0) is 0 Å². The van der Waals surface area contributed by atoms with Gasteiger partial charge in [-0.15, -0.1) is 11.3 Å². The summed E-state index contributed by atoms with van der Waals surface area (Å²) in [7, 11) is 0. The van der Waals surface area contributed by atoms with Gasteiger partial charge >= 0.3 is 0 Å². The second-order valence-corrected chi connectivity index (χ2v) is 4.40. The van der Waals surface area contributed by atoms with E-state index in [-0.39, 0.29) is 4.88 Å². The third-order valence-electron chi connectivity index (χ3n) is 2.24. The molecule has 6 heteroatoms. The molecule has 0 radical (unpaired) electrons. The summed E-state index contributed by atoms with van der Waals surface area (Å²) in [6, 6.07) is 6.70. The van der Waals surface area contributed by atoms with E-state index in [0.29, 0.717) is 11.3 Å². The van der Waals surface area contributed by atoms with E-state index in [1.807, 2.05) is 0 Å². The van der Waals surface area contributed by atoms with Crippen LogP contribution in [0.2, 0.25) is 0 Å². The van der Waals surface area contributed by atoms with Gasteiger partial charge in [-0.2, -0.15) is 0 Å². The molecular weight excluding hydrogens is 255 g/mol. The van der Waals surface area contributed by atoms with Crippen molar-refractivity contribution in [3.8, 4) is 0 Å². The molecule has 0 aliphatic heterocycles. The van der Waals surface area contributed by atoms with Gasteiger partial charge in [0.05, 0.1) is 5.69 Å². The van der Waals surface area contributed by atoms with Crippen molar-refractivity contribution in [1.82, 2.24) is 0 Å². The van der Waals surface area contributed by atoms with Gasteiger partial charge < -0.3 is 11.1 Å². The molecule has 3 N–H and O–H groups in total. The van der Waals surface area contributed by atoms with Gasteiger partial charge in [0.25, 0.3) is 11.8 Å². The summed E-state index contributed by atoms with van der Waals surface area (Å²) in [5, 5.41) is 4.21. The summed E-state index contributed by atoms with van der Waals surface area (Å²) in [6.07, 6.45) is 0. The molecule has 0 saturated carbocycles. The Balaban J connectivity index is 2.19. The quantitative estimate of drug-likeness (QED) is 0.892. The van der Waals surface area contributed by atoms with Crippen LogP contribution in [0.15, 0.2) is 35.7 Å². The standard InChI is InChI=1S/C12H9FN2O2S/c13-8-3-1-7(2-4-8)12(17)15-9-5-6-18-10(9)11(14)16/h1-6H,(H2,14,16)(H,15,17). The highest BCUT2D eigenvalue weighted by atomic mass is 32.1. The van der Waals surface area contributed by atoms with Crippen LogP contribution in [0.25, 0.3) is 0 Å². The Morgan fingerprint density at radius 1 is 1.17 bits per heavy atom. The first-order valence-corrected chi connectivity index (χ1v) is 5.90. The fraction of sp³-hybridized carbons (Fsp3) is 0. The van der Waals surface area contributed by atoms with Crippen molar-refractivity contribution in [1.29, 1.82) is 0 Å². The fourth-order valence-electron chi connectivity index (χ4n) is 1.39. The maximum absolute atomic E-state index is 12.7. The normalized spacial score (nSPS) is 10.1. The number of benzene rings is 1. The van der Waals surface area contributed by atoms with Crippen molar-refractivity contribution < 1.29 is 14.0 Å². The Bertz CT molecular complexity index is 592. The van der Waals surface area contributed by atoms with Gasteiger partial charge in [0.1, 0.15) is 10.7 Å². The zero-order valence-electron chi connectivity index (χ0n) is 9.14. The topological polar surface area (TPSA) is 72.2 Å². The summed E-state index contributed by atoms with van der Waals surface area (Å²) in [5.74, 6) is -1.43. The van der Waals surface area contributed by atoms with Crippen LogP contribution in [0.1, 0.15) is 20.0 Å². The molecule has 92 valence electrons. The lowest BCUT2D eigenvalue weighted by Gasteiger charge is -2.04. The summed E-state index contributed by atoms with van der Waals surface area (Å²) in [5.41, 5.74) is 5.83. The van der Waals surface area contributed by atoms with Crippen molar-refractivity contribution >= 4 is 28.8 Å². The van der Waals surface area contributed by atoms with Gasteiger partial charge in [0.15, 0.2) is 0 Å². The average Bonchev–Trinajstić information content (AvgIpc) is 2.78. The minimum Gasteiger partial charge on any atom is -0.365 e. The van der Waals surface area contributed by atoms with Gasteiger partial charge in [0.2, 0.25) is 0 Å². The third-order valence-corrected chi connectivity index (χ3v) is 3.17. The second-order valence-electron chi connectivity index (χ2n) is 3.49. The highest BCUT2D eigenvalue weighted by Gasteiger charge is 2.13. The van der Waals surface area contributed by atoms with Crippen molar-refractivity contribution in [2.75, 3.05) is 5.32 Å². The number of rotatable bonds is 3. The molecule has 0 aliphatic rings. The first kappa shape index (κ1) is 12.3. The molecule has 0 aliphatic carbocycles. The first-order valence-electron chi connectivity index (χ1n) is 5.02. The summed E-state index contributed by atoms with van der Waals surface area (Å²) in [6.45, 7) is 0. The lowest BCUT2D eigenvalue weighted by molar-refractivity contribution is 0.100. The van der Waals surface area contributed by atoms with Crippen LogP contribution in [-0.4, -0.2) is 11.8 Å². The van der Waals surface area contributed by atoms with Gasteiger partial charge in [0, 0.05) is 5.56 Å². The molecule has 0 atom stereocenters. The minimum absolute atomic E-state index is 0.283. The number of thiophene rings is 1. The molecule has 0 unspecified atom stereocenters. The maximum Gasteiger partial charge on any atom is 0.260 e. The van der Waals surface area contributed by atoms with Gasteiger partial charge in [-0.1, -0.05) is 0 Å². The van der Waals surface area contributed by atoms with Crippen molar-refractivity contribution in [2.45, 2.75) is 0 Å². The van der Waals surface area contributed by atoms with E-state index in [9.17, 15) is 14.0 Å². The molecule has 0 fully saturated rings. The van der Waals surface area contributed by atoms with Crippen LogP contribution in [0, 0.1) is 5.82 Å². The summed E-state index contributed by atoms with van der Waals surface area (Å²) < 4.78 is 12.7. The second kappa shape index (κ2) is 4.97. The van der Waals surface area contributed by atoms with Crippen LogP contribution in [0.4, 0.5) is 10.1 Å². The van der Waals surface area contributed by atoms with E-state index < -0.39 is 17.6 Å². The van der Waals surface area contributed by atoms with E-state index in [2.05, 4.69) is 5.32 Å². The van der Waals surface area contributed by atoms with Crippen LogP contribution < -0.4 is 11.1 Å². The Kier molecular flexibility index (Phi) is 3.38. The molecule has 1 heterocycles. The summed E-state index contributed by atoms with van der Waals surface area (Å²) in [4.78, 5) is 23.2. The predicted molar refractivity (Wildman–Crippen MR) is 67.2 cm³/mol. The predicted octanol–water partition coefficient (Wildman–Crippen LogP) is 2.24. The lowest BCUT2D eigenvalue weighted by atomic mass is 10.2. The molecule has 1 aromatic heterocycles. The average molecular weight is 264 g/mol. The molecule has 0 saturated heterocycles. The highest BCUT2D eigenvalue weighted by molar-refractivity contribution is 7.12. The Morgan fingerprint density at radius 3 is 2.44 bits per heavy atom. The molecule has 2 rings (SSSR count). The van der Waals surface area contributed by atoms with Crippen LogP contribution in [0.3, 0.4) is 0 Å². The maximum atomic E-state index is 12.7. The first-order chi connectivity index (χ1) is 8.58. The van der Waals surface area contributed by atoms with Crippen molar-refractivity contribution in [3.63, 3.8) is 0 Å². The number of primary amides is 1. The van der Waals surface area contributed by atoms with Crippen molar-refractivity contribution in [3.05, 3.63) is 52.0 Å². The zero-order chi connectivity index (χ0) is 13.1. The third kappa shape index (κ3) is 2.54. The monoisotopic (exact) mass is 264 g/mol. The van der Waals surface area contributed by atoms with E-state index in [4.69, 9.17) is 5.73 Å². The number of halogens is 1. The number of hydrogen-bond acceptors (Lipinski definition) is 3. The van der Waals surface area contributed by atoms with Crippen LogP contribution >= 0.6 is 11.3 Å². The van der Waals surface area contributed by atoms with E-state index in [1.54, 1.807) is 11.4 Å². The largest absolute Gasteiger partial charge is 0.365 e. The number of anilines is 1. The zero-order valence-corrected chi connectivity index (χ0v) is 9.96. The lowest BCUT2D eigenvalue weighted by Crippen LogP contribution is -2.16. The van der Waals surface area contributed by atoms with Gasteiger partial charge in [-0.3, -0.25) is 9.59 Å². The Morgan fingerprint density at radius 2 is 1.83 bits per heavy atom. The van der Waals surface area contributed by atoms with Crippen LogP contribution in [0.5, 0.6) is 0 Å². The molecule has 2 aromatic rings. The van der Waals surface area contributed by atoms with Gasteiger partial charge in [-0.25, -0.2) is 4.39 Å². The van der Waals surface area contributed by atoms with E-state index >= 15 is 0 Å².